The number of fused-ring (bicyclic) bond motifs is 1. The van der Waals surface area contributed by atoms with Crippen LogP contribution in [0, 0.1) is 13.8 Å². The normalized spacial score (nSPS) is 12.3. The molecule has 2 heterocycles. The number of nitrogens with zero attached hydrogens (tertiary/aromatic N) is 4. The third-order valence-corrected chi connectivity index (χ3v) is 7.56. The third-order valence-electron chi connectivity index (χ3n) is 6.73. The van der Waals surface area contributed by atoms with Crippen molar-refractivity contribution in [2.24, 2.45) is 0 Å². The highest BCUT2D eigenvalue weighted by Crippen LogP contribution is 2.28. The van der Waals surface area contributed by atoms with E-state index < -0.39 is 0 Å². The van der Waals surface area contributed by atoms with Gasteiger partial charge in [0.05, 0.1) is 23.7 Å². The first-order chi connectivity index (χ1) is 18.3. The molecule has 0 spiro atoms. The van der Waals surface area contributed by atoms with E-state index in [9.17, 15) is 9.59 Å². The molecule has 0 aliphatic carbocycles. The van der Waals surface area contributed by atoms with Crippen molar-refractivity contribution in [2.45, 2.75) is 66.1 Å². The molecule has 1 atom stereocenters. The highest BCUT2D eigenvalue weighted by Gasteiger charge is 2.30. The molecule has 0 aliphatic heterocycles. The SMILES string of the molecule is CC[C@@H](c1nc2snc(C)c2c(=O)n1Cc1ccccc1)N(CCCNC(C)C)C(=O)c1ccc(C)cc1. The van der Waals surface area contributed by atoms with Gasteiger partial charge in [-0.05, 0) is 62.5 Å². The second kappa shape index (κ2) is 12.5. The average molecular weight is 532 g/mol. The molecule has 200 valence electrons. The lowest BCUT2D eigenvalue weighted by atomic mass is 10.1. The largest absolute Gasteiger partial charge is 0.328 e. The highest BCUT2D eigenvalue weighted by molar-refractivity contribution is 7.12. The van der Waals surface area contributed by atoms with E-state index in [1.165, 1.54) is 11.5 Å². The molecule has 1 amide bonds. The van der Waals surface area contributed by atoms with E-state index in [1.807, 2.05) is 80.3 Å². The Morgan fingerprint density at radius 3 is 2.45 bits per heavy atom. The number of carbonyl (C=O) groups is 1. The molecule has 1 N–H and O–H groups in total. The highest BCUT2D eigenvalue weighted by atomic mass is 32.1. The van der Waals surface area contributed by atoms with Crippen LogP contribution in [0.2, 0.25) is 0 Å². The Morgan fingerprint density at radius 2 is 1.79 bits per heavy atom. The number of amides is 1. The zero-order chi connectivity index (χ0) is 27.2. The van der Waals surface area contributed by atoms with Crippen molar-refractivity contribution in [1.82, 2.24) is 24.1 Å². The minimum absolute atomic E-state index is 0.0533. The molecule has 7 nitrogen and oxygen atoms in total. The molecular weight excluding hydrogens is 494 g/mol. The minimum Gasteiger partial charge on any atom is -0.328 e. The standard InChI is InChI=1S/C30H37N5O2S/c1-6-25(34(18-10-17-31-20(2)3)29(36)24-15-13-21(4)14-16-24)27-32-28-26(22(5)33-38-28)30(37)35(27)19-23-11-8-7-9-12-23/h7-9,11-16,20,25,31H,6,10,17-19H2,1-5H3/t25-/m0/s1. The second-order valence-corrected chi connectivity index (χ2v) is 10.8. The van der Waals surface area contributed by atoms with Crippen LogP contribution in [-0.4, -0.2) is 43.9 Å². The molecule has 0 aliphatic rings. The third kappa shape index (κ3) is 6.19. The monoisotopic (exact) mass is 531 g/mol. The van der Waals surface area contributed by atoms with E-state index >= 15 is 0 Å². The minimum atomic E-state index is -0.369. The fourth-order valence-electron chi connectivity index (χ4n) is 4.70. The summed E-state index contributed by atoms with van der Waals surface area (Å²) >= 11 is 1.24. The molecule has 0 fully saturated rings. The fraction of sp³-hybridized carbons (Fsp3) is 0.400. The quantitative estimate of drug-likeness (QED) is 0.259. The Hall–Kier alpha value is -3.36. The Bertz CT molecular complexity index is 1430. The van der Waals surface area contributed by atoms with Crippen LogP contribution in [0.5, 0.6) is 0 Å². The van der Waals surface area contributed by atoms with Gasteiger partial charge in [-0.15, -0.1) is 0 Å². The van der Waals surface area contributed by atoms with Crippen LogP contribution >= 0.6 is 11.5 Å². The van der Waals surface area contributed by atoms with Crippen molar-refractivity contribution >= 4 is 27.7 Å². The van der Waals surface area contributed by atoms with Gasteiger partial charge in [-0.1, -0.05) is 68.8 Å². The number of aromatic nitrogens is 3. The summed E-state index contributed by atoms with van der Waals surface area (Å²) in [6, 6.07) is 17.6. The number of hydrogen-bond donors (Lipinski definition) is 1. The van der Waals surface area contributed by atoms with Crippen molar-refractivity contribution in [3.63, 3.8) is 0 Å². The van der Waals surface area contributed by atoms with Gasteiger partial charge in [-0.2, -0.15) is 4.37 Å². The maximum atomic E-state index is 14.0. The van der Waals surface area contributed by atoms with Gasteiger partial charge < -0.3 is 10.2 Å². The van der Waals surface area contributed by atoms with Crippen LogP contribution in [-0.2, 0) is 6.54 Å². The summed E-state index contributed by atoms with van der Waals surface area (Å²) in [5, 5.41) is 4.01. The summed E-state index contributed by atoms with van der Waals surface area (Å²) in [4.78, 5) is 35.3. The van der Waals surface area contributed by atoms with E-state index in [4.69, 9.17) is 4.98 Å². The smallest absolute Gasteiger partial charge is 0.264 e. The lowest BCUT2D eigenvalue weighted by Gasteiger charge is -2.32. The van der Waals surface area contributed by atoms with Gasteiger partial charge in [0.15, 0.2) is 4.83 Å². The predicted molar refractivity (Wildman–Crippen MR) is 155 cm³/mol. The van der Waals surface area contributed by atoms with Crippen molar-refractivity contribution in [2.75, 3.05) is 13.1 Å². The van der Waals surface area contributed by atoms with Crippen molar-refractivity contribution in [3.05, 3.63) is 93.2 Å². The van der Waals surface area contributed by atoms with E-state index in [0.717, 1.165) is 24.1 Å². The summed E-state index contributed by atoms with van der Waals surface area (Å²) in [6.45, 7) is 11.9. The first kappa shape index (κ1) is 27.7. The molecule has 0 radical (unpaired) electrons. The zero-order valence-electron chi connectivity index (χ0n) is 22.9. The number of benzene rings is 2. The van der Waals surface area contributed by atoms with Gasteiger partial charge in [0.2, 0.25) is 0 Å². The molecule has 38 heavy (non-hydrogen) atoms. The van der Waals surface area contributed by atoms with Crippen LogP contribution in [0.15, 0.2) is 59.4 Å². The Balaban J connectivity index is 1.81. The topological polar surface area (TPSA) is 80.1 Å². The van der Waals surface area contributed by atoms with E-state index in [0.29, 0.717) is 52.9 Å². The molecule has 0 unspecified atom stereocenters. The molecule has 4 aromatic rings. The molecule has 0 bridgehead atoms. The summed E-state index contributed by atoms with van der Waals surface area (Å²) < 4.78 is 6.17. The van der Waals surface area contributed by atoms with E-state index in [-0.39, 0.29) is 17.5 Å². The van der Waals surface area contributed by atoms with Gasteiger partial charge in [0.1, 0.15) is 5.82 Å². The molecular formula is C30H37N5O2S. The first-order valence-corrected chi connectivity index (χ1v) is 14.1. The molecule has 2 aromatic heterocycles. The zero-order valence-corrected chi connectivity index (χ0v) is 23.7. The Morgan fingerprint density at radius 1 is 1.08 bits per heavy atom. The Kier molecular flexibility index (Phi) is 9.07. The summed E-state index contributed by atoms with van der Waals surface area (Å²) in [6.07, 6.45) is 1.41. The van der Waals surface area contributed by atoms with Crippen molar-refractivity contribution in [3.8, 4) is 0 Å². The van der Waals surface area contributed by atoms with Gasteiger partial charge in [0, 0.05) is 18.2 Å². The molecule has 2 aromatic carbocycles. The van der Waals surface area contributed by atoms with Gasteiger partial charge in [0.25, 0.3) is 11.5 Å². The van der Waals surface area contributed by atoms with Crippen molar-refractivity contribution < 1.29 is 4.79 Å². The molecule has 0 saturated carbocycles. The van der Waals surface area contributed by atoms with E-state index in [2.05, 4.69) is 23.5 Å². The molecule has 0 saturated heterocycles. The lowest BCUT2D eigenvalue weighted by molar-refractivity contribution is 0.0654. The first-order valence-electron chi connectivity index (χ1n) is 13.3. The van der Waals surface area contributed by atoms with Gasteiger partial charge >= 0.3 is 0 Å². The van der Waals surface area contributed by atoms with Crippen LogP contribution < -0.4 is 10.9 Å². The number of rotatable bonds is 11. The Labute approximate surface area is 228 Å². The summed E-state index contributed by atoms with van der Waals surface area (Å²) in [5.41, 5.74) is 3.33. The number of hydrogen-bond acceptors (Lipinski definition) is 6. The molecule has 4 rings (SSSR count). The van der Waals surface area contributed by atoms with Gasteiger partial charge in [-0.25, -0.2) is 4.98 Å². The number of carbonyl (C=O) groups excluding carboxylic acids is 1. The molecule has 8 heteroatoms. The summed E-state index contributed by atoms with van der Waals surface area (Å²) in [5.74, 6) is 0.553. The number of nitrogens with one attached hydrogen (secondary N) is 1. The number of aryl methyl sites for hydroxylation is 2. The van der Waals surface area contributed by atoms with Crippen molar-refractivity contribution in [1.29, 1.82) is 0 Å². The summed E-state index contributed by atoms with van der Waals surface area (Å²) in [7, 11) is 0. The van der Waals surface area contributed by atoms with Crippen LogP contribution in [0.3, 0.4) is 0 Å². The lowest BCUT2D eigenvalue weighted by Crippen LogP contribution is -2.40. The van der Waals surface area contributed by atoms with Crippen LogP contribution in [0.4, 0.5) is 0 Å². The second-order valence-electron chi connectivity index (χ2n) is 10.0. The fourth-order valence-corrected chi connectivity index (χ4v) is 5.48. The van der Waals surface area contributed by atoms with E-state index in [1.54, 1.807) is 4.57 Å². The maximum Gasteiger partial charge on any atom is 0.264 e. The van der Waals surface area contributed by atoms with Crippen LogP contribution in [0.25, 0.3) is 10.2 Å². The average Bonchev–Trinajstić information content (AvgIpc) is 3.28. The predicted octanol–water partition coefficient (Wildman–Crippen LogP) is 5.50. The van der Waals surface area contributed by atoms with Crippen LogP contribution in [0.1, 0.15) is 72.7 Å². The maximum absolute atomic E-state index is 14.0. The van der Waals surface area contributed by atoms with Gasteiger partial charge in [-0.3, -0.25) is 14.2 Å².